The van der Waals surface area contributed by atoms with E-state index >= 15 is 0 Å². The number of hydrogen-bond acceptors (Lipinski definition) is 5. The third-order valence-corrected chi connectivity index (χ3v) is 13.7. The third kappa shape index (κ3) is 53.6. The fourth-order valence-corrected chi connectivity index (χ4v) is 8.96. The van der Waals surface area contributed by atoms with Crippen LogP contribution < -0.4 is 5.32 Å². The van der Waals surface area contributed by atoms with E-state index in [2.05, 4.69) is 92.1 Å². The van der Waals surface area contributed by atoms with Crippen molar-refractivity contribution in [2.24, 2.45) is 0 Å². The van der Waals surface area contributed by atoms with Crippen LogP contribution >= 0.6 is 7.82 Å². The van der Waals surface area contributed by atoms with E-state index in [1.165, 1.54) is 148 Å². The highest BCUT2D eigenvalue weighted by molar-refractivity contribution is 7.47. The summed E-state index contributed by atoms with van der Waals surface area (Å²) >= 11 is 0. The zero-order valence-electron chi connectivity index (χ0n) is 45.8. The molecule has 3 atom stereocenters. The van der Waals surface area contributed by atoms with Crippen molar-refractivity contribution in [3.63, 3.8) is 0 Å². The van der Waals surface area contributed by atoms with E-state index in [0.29, 0.717) is 23.9 Å². The van der Waals surface area contributed by atoms with Crippen LogP contribution in [0, 0.1) is 0 Å². The summed E-state index contributed by atoms with van der Waals surface area (Å²) in [4.78, 5) is 23.3. The SMILES string of the molecule is CC/C=C\C/C=C\C/C=C\C/C=C\C/C=C\C/C=C\CCCCCCCCCCCCCCCCCCC(=O)NC(COP(=O)(O)OCC[N+](C)(C)C)C(O)CCCCCCCCCCCCCC. The summed E-state index contributed by atoms with van der Waals surface area (Å²) in [6.45, 7) is 4.77. The Bertz CT molecular complexity index is 1350. The van der Waals surface area contributed by atoms with Crippen LogP contribution in [0.25, 0.3) is 0 Å². The van der Waals surface area contributed by atoms with E-state index in [4.69, 9.17) is 9.05 Å². The number of amides is 1. The molecular formula is C60H112N2O6P+. The maximum Gasteiger partial charge on any atom is 0.472 e. The number of hydrogen-bond donors (Lipinski definition) is 3. The third-order valence-electron chi connectivity index (χ3n) is 12.7. The van der Waals surface area contributed by atoms with Crippen LogP contribution in [0.1, 0.15) is 251 Å². The molecule has 402 valence electrons. The number of quaternary nitrogens is 1. The molecule has 0 fully saturated rings. The van der Waals surface area contributed by atoms with Gasteiger partial charge in [0.25, 0.3) is 0 Å². The van der Waals surface area contributed by atoms with Crippen molar-refractivity contribution in [3.8, 4) is 0 Å². The van der Waals surface area contributed by atoms with Crippen LogP contribution in [0.2, 0.25) is 0 Å². The second kappa shape index (κ2) is 50.9. The fourth-order valence-electron chi connectivity index (χ4n) is 8.23. The van der Waals surface area contributed by atoms with E-state index in [1.807, 2.05) is 21.1 Å². The Labute approximate surface area is 427 Å². The van der Waals surface area contributed by atoms with Gasteiger partial charge in [0.1, 0.15) is 13.2 Å². The number of aliphatic hydroxyl groups is 1. The average Bonchev–Trinajstić information content (AvgIpc) is 3.31. The molecule has 0 spiro atoms. The molecule has 0 aromatic carbocycles. The summed E-state index contributed by atoms with van der Waals surface area (Å²) in [6, 6.07) is -0.761. The largest absolute Gasteiger partial charge is 0.472 e. The highest BCUT2D eigenvalue weighted by atomic mass is 31.2. The van der Waals surface area contributed by atoms with Gasteiger partial charge in [-0.1, -0.05) is 254 Å². The number of carbonyl (C=O) groups excluding carboxylic acids is 1. The first kappa shape index (κ1) is 66.9. The smallest absolute Gasteiger partial charge is 0.391 e. The molecular weight excluding hydrogens is 876 g/mol. The first-order valence-electron chi connectivity index (χ1n) is 28.8. The lowest BCUT2D eigenvalue weighted by Crippen LogP contribution is -2.46. The van der Waals surface area contributed by atoms with Crippen LogP contribution in [0.5, 0.6) is 0 Å². The lowest BCUT2D eigenvalue weighted by atomic mass is 10.0. The number of rotatable bonds is 52. The van der Waals surface area contributed by atoms with Gasteiger partial charge in [-0.15, -0.1) is 0 Å². The van der Waals surface area contributed by atoms with Gasteiger partial charge in [-0.3, -0.25) is 13.8 Å². The highest BCUT2D eigenvalue weighted by Gasteiger charge is 2.28. The lowest BCUT2D eigenvalue weighted by Gasteiger charge is -2.26. The molecule has 0 aliphatic heterocycles. The molecule has 0 bridgehead atoms. The Kier molecular flexibility index (Phi) is 49.3. The molecule has 0 aromatic heterocycles. The molecule has 0 saturated carbocycles. The molecule has 0 aromatic rings. The number of nitrogens with zero attached hydrogens (tertiary/aromatic N) is 1. The molecule has 0 radical (unpaired) electrons. The van der Waals surface area contributed by atoms with Crippen molar-refractivity contribution >= 4 is 13.7 Å². The predicted molar refractivity (Wildman–Crippen MR) is 300 cm³/mol. The minimum Gasteiger partial charge on any atom is -0.391 e. The Morgan fingerprint density at radius 3 is 1.28 bits per heavy atom. The van der Waals surface area contributed by atoms with Crippen molar-refractivity contribution in [2.75, 3.05) is 40.9 Å². The van der Waals surface area contributed by atoms with Crippen LogP contribution in [0.3, 0.4) is 0 Å². The van der Waals surface area contributed by atoms with Gasteiger partial charge in [0, 0.05) is 6.42 Å². The number of allylic oxidation sites excluding steroid dienone is 12. The number of likely N-dealkylation sites (N-methyl/N-ethyl adjacent to an activating group) is 1. The molecule has 0 aliphatic carbocycles. The van der Waals surface area contributed by atoms with Gasteiger partial charge in [0.05, 0.1) is 39.9 Å². The van der Waals surface area contributed by atoms with Crippen molar-refractivity contribution in [3.05, 3.63) is 72.9 Å². The standard InChI is InChI=1S/C60H111N2O6P/c1-6-8-10-12-14-16-18-20-21-22-23-24-25-26-27-28-29-30-31-32-33-34-35-36-37-38-39-40-41-42-44-46-48-50-52-54-60(64)61-58(57-68-69(65,66)67-56-55-62(3,4)5)59(63)53-51-49-47-45-43-19-17-15-13-11-9-7-2/h8,10,14,16,20-21,23-24,26-27,29-30,58-59,63H,6-7,9,11-13,15,17-19,22,25,28,31-57H2,1-5H3,(H-,61,64,65,66)/p+1/b10-8-,16-14-,21-20-,24-23-,27-26-,30-29-. The van der Waals surface area contributed by atoms with E-state index in [0.717, 1.165) is 77.0 Å². The average molecular weight is 989 g/mol. The predicted octanol–water partition coefficient (Wildman–Crippen LogP) is 17.5. The molecule has 8 nitrogen and oxygen atoms in total. The Morgan fingerprint density at radius 1 is 0.507 bits per heavy atom. The van der Waals surface area contributed by atoms with Crippen molar-refractivity contribution in [2.45, 2.75) is 264 Å². The first-order chi connectivity index (χ1) is 33.5. The van der Waals surface area contributed by atoms with E-state index < -0.39 is 20.0 Å². The summed E-state index contributed by atoms with van der Waals surface area (Å²) in [5, 5.41) is 14.0. The van der Waals surface area contributed by atoms with Crippen LogP contribution in [0.15, 0.2) is 72.9 Å². The van der Waals surface area contributed by atoms with E-state index in [1.54, 1.807) is 0 Å². The van der Waals surface area contributed by atoms with Crippen molar-refractivity contribution in [1.82, 2.24) is 5.32 Å². The summed E-state index contributed by atoms with van der Waals surface area (Å²) in [7, 11) is 1.62. The molecule has 0 aliphatic rings. The summed E-state index contributed by atoms with van der Waals surface area (Å²) < 4.78 is 23.7. The van der Waals surface area contributed by atoms with Gasteiger partial charge in [-0.25, -0.2) is 4.57 Å². The van der Waals surface area contributed by atoms with Gasteiger partial charge in [-0.05, 0) is 64.2 Å². The van der Waals surface area contributed by atoms with Crippen molar-refractivity contribution < 1.29 is 32.9 Å². The minimum absolute atomic E-state index is 0.0736. The molecule has 9 heteroatoms. The second-order valence-corrected chi connectivity index (χ2v) is 22.1. The monoisotopic (exact) mass is 988 g/mol. The van der Waals surface area contributed by atoms with Gasteiger partial charge < -0.3 is 19.8 Å². The lowest BCUT2D eigenvalue weighted by molar-refractivity contribution is -0.870. The normalized spacial score (nSPS) is 14.5. The second-order valence-electron chi connectivity index (χ2n) is 20.6. The maximum atomic E-state index is 13.0. The molecule has 3 N–H and O–H groups in total. The van der Waals surface area contributed by atoms with Crippen LogP contribution in [-0.2, 0) is 18.4 Å². The van der Waals surface area contributed by atoms with Crippen molar-refractivity contribution in [1.29, 1.82) is 0 Å². The number of carbonyl (C=O) groups is 1. The summed E-state index contributed by atoms with van der Waals surface area (Å²) in [5.41, 5.74) is 0. The summed E-state index contributed by atoms with van der Waals surface area (Å²) in [5.74, 6) is -0.145. The molecule has 0 heterocycles. The number of aliphatic hydroxyl groups excluding tert-OH is 1. The first-order valence-corrected chi connectivity index (χ1v) is 30.3. The Morgan fingerprint density at radius 2 is 0.870 bits per heavy atom. The van der Waals surface area contributed by atoms with Gasteiger partial charge in [0.15, 0.2) is 0 Å². The number of phosphoric ester groups is 1. The zero-order valence-corrected chi connectivity index (χ0v) is 46.7. The molecule has 1 amide bonds. The van der Waals surface area contributed by atoms with E-state index in [9.17, 15) is 19.4 Å². The molecule has 3 unspecified atom stereocenters. The zero-order chi connectivity index (χ0) is 50.6. The molecule has 0 saturated heterocycles. The molecule has 0 rings (SSSR count). The number of nitrogens with one attached hydrogen (secondary N) is 1. The Hall–Kier alpha value is -2.06. The quantitative estimate of drug-likeness (QED) is 0.0243. The maximum absolute atomic E-state index is 13.0. The number of phosphoric acid groups is 1. The Balaban J connectivity index is 3.99. The van der Waals surface area contributed by atoms with Gasteiger partial charge in [-0.2, -0.15) is 0 Å². The van der Waals surface area contributed by atoms with Gasteiger partial charge in [0.2, 0.25) is 5.91 Å². The summed E-state index contributed by atoms with van der Waals surface area (Å²) in [6.07, 6.45) is 69.7. The van der Waals surface area contributed by atoms with Gasteiger partial charge >= 0.3 is 7.82 Å². The topological polar surface area (TPSA) is 105 Å². The van der Waals surface area contributed by atoms with E-state index in [-0.39, 0.29) is 19.1 Å². The molecule has 69 heavy (non-hydrogen) atoms. The van der Waals surface area contributed by atoms with Crippen LogP contribution in [-0.4, -0.2) is 73.4 Å². The van der Waals surface area contributed by atoms with Crippen LogP contribution in [0.4, 0.5) is 0 Å². The number of unbranched alkanes of at least 4 members (excludes halogenated alkanes) is 27. The highest BCUT2D eigenvalue weighted by Crippen LogP contribution is 2.43. The fraction of sp³-hybridized carbons (Fsp3) is 0.783. The minimum atomic E-state index is -4.32.